The number of nitrogens with zero attached hydrogens (tertiary/aromatic N) is 2. The first kappa shape index (κ1) is 26.5. The zero-order chi connectivity index (χ0) is 20.1. The van der Waals surface area contributed by atoms with E-state index in [0.717, 1.165) is 51.3 Å². The molecular formula is C20H29Cl3N4O3. The number of carboxylic acid groups (broad SMARTS) is 1. The predicted molar refractivity (Wildman–Crippen MR) is 124 cm³/mol. The van der Waals surface area contributed by atoms with Crippen LogP contribution in [-0.4, -0.2) is 52.5 Å². The van der Waals surface area contributed by atoms with Gasteiger partial charge in [0.2, 0.25) is 5.91 Å². The first-order valence-electron chi connectivity index (χ1n) is 9.78. The molecule has 1 aliphatic heterocycles. The van der Waals surface area contributed by atoms with Crippen molar-refractivity contribution in [3.63, 3.8) is 0 Å². The van der Waals surface area contributed by atoms with Gasteiger partial charge in [0, 0.05) is 37.3 Å². The van der Waals surface area contributed by atoms with E-state index < -0.39 is 5.97 Å². The van der Waals surface area contributed by atoms with Crippen LogP contribution in [0.2, 0.25) is 5.02 Å². The summed E-state index contributed by atoms with van der Waals surface area (Å²) in [6, 6.07) is 1.78. The highest BCUT2D eigenvalue weighted by atomic mass is 35.5. The predicted octanol–water partition coefficient (Wildman–Crippen LogP) is 3.45. The molecule has 2 fully saturated rings. The van der Waals surface area contributed by atoms with Crippen LogP contribution in [0.5, 0.6) is 0 Å². The van der Waals surface area contributed by atoms with E-state index >= 15 is 0 Å². The van der Waals surface area contributed by atoms with E-state index in [1.54, 1.807) is 12.3 Å². The number of aliphatic carboxylic acids is 1. The van der Waals surface area contributed by atoms with Gasteiger partial charge in [-0.2, -0.15) is 0 Å². The van der Waals surface area contributed by atoms with Gasteiger partial charge < -0.3 is 21.1 Å². The average Bonchev–Trinajstić information content (AvgIpc) is 3.16. The lowest BCUT2D eigenvalue weighted by Gasteiger charge is -2.30. The number of nitrogens with one attached hydrogen (secondary N) is 1. The van der Waals surface area contributed by atoms with Crippen molar-refractivity contribution < 1.29 is 14.7 Å². The van der Waals surface area contributed by atoms with Gasteiger partial charge in [-0.3, -0.25) is 4.79 Å². The molecule has 7 nitrogen and oxygen atoms in total. The molecule has 2 aliphatic rings. The van der Waals surface area contributed by atoms with Gasteiger partial charge in [-0.05, 0) is 62.3 Å². The molecule has 3 rings (SSSR count). The van der Waals surface area contributed by atoms with Crippen molar-refractivity contribution in [1.82, 2.24) is 9.88 Å². The fraction of sp³-hybridized carbons (Fsp3) is 0.550. The van der Waals surface area contributed by atoms with Crippen LogP contribution in [-0.2, 0) is 9.59 Å². The lowest BCUT2D eigenvalue weighted by molar-refractivity contribution is -0.135. The van der Waals surface area contributed by atoms with E-state index in [1.165, 1.54) is 6.08 Å². The number of carboxylic acids is 1. The Kier molecular flexibility index (Phi) is 10.9. The molecule has 1 aliphatic carbocycles. The number of pyridine rings is 1. The van der Waals surface area contributed by atoms with Crippen LogP contribution in [0.25, 0.3) is 6.08 Å². The number of nitrogens with two attached hydrogens (primary N) is 1. The van der Waals surface area contributed by atoms with Crippen LogP contribution < -0.4 is 11.1 Å². The summed E-state index contributed by atoms with van der Waals surface area (Å²) >= 11 is 6.27. The fourth-order valence-corrected chi connectivity index (χ4v) is 4.22. The Bertz CT molecular complexity index is 755. The van der Waals surface area contributed by atoms with Crippen LogP contribution in [0.3, 0.4) is 0 Å². The minimum absolute atomic E-state index is 0. The van der Waals surface area contributed by atoms with Crippen molar-refractivity contribution in [2.45, 2.75) is 38.1 Å². The number of aromatic nitrogens is 1. The highest BCUT2D eigenvalue weighted by Crippen LogP contribution is 2.31. The first-order valence-corrected chi connectivity index (χ1v) is 10.2. The Morgan fingerprint density at radius 1 is 1.27 bits per heavy atom. The molecule has 1 saturated carbocycles. The summed E-state index contributed by atoms with van der Waals surface area (Å²) in [5.74, 6) is 0.484. The molecule has 1 unspecified atom stereocenters. The van der Waals surface area contributed by atoms with Crippen LogP contribution in [0, 0.1) is 11.8 Å². The Morgan fingerprint density at radius 2 is 1.97 bits per heavy atom. The van der Waals surface area contributed by atoms with Gasteiger partial charge in [-0.25, -0.2) is 9.78 Å². The zero-order valence-corrected chi connectivity index (χ0v) is 19.0. The molecule has 0 bridgehead atoms. The van der Waals surface area contributed by atoms with Crippen molar-refractivity contribution in [1.29, 1.82) is 0 Å². The number of carbonyl (C=O) groups excluding carboxylic acids is 1. The average molecular weight is 480 g/mol. The highest BCUT2D eigenvalue weighted by Gasteiger charge is 2.33. The third kappa shape index (κ3) is 7.01. The lowest BCUT2D eigenvalue weighted by Crippen LogP contribution is -2.38. The topological polar surface area (TPSA) is 109 Å². The molecule has 0 spiro atoms. The minimum Gasteiger partial charge on any atom is -0.478 e. The van der Waals surface area contributed by atoms with E-state index in [9.17, 15) is 9.59 Å². The summed E-state index contributed by atoms with van der Waals surface area (Å²) in [5, 5.41) is 12.4. The number of hydrogen-bond donors (Lipinski definition) is 3. The molecule has 1 saturated heterocycles. The standard InChI is InChI=1S/C20H27ClN4O3.2ClH/c21-17-9-14(3-6-18(26)27)11-23-19(17)24-16-7-8-25(12-16)20(28)15-4-1-13(10-22)2-5-15;;/h3,6,9,11,13,15-16H,1-2,4-5,7-8,10,12,22H2,(H,23,24)(H,26,27);2*1H/b6-3+;;. The largest absolute Gasteiger partial charge is 0.478 e. The normalized spacial score (nSPS) is 23.5. The zero-order valence-electron chi connectivity index (χ0n) is 16.6. The van der Waals surface area contributed by atoms with Crippen LogP contribution in [0.15, 0.2) is 18.3 Å². The summed E-state index contributed by atoms with van der Waals surface area (Å²) in [5.41, 5.74) is 6.36. The Balaban J connectivity index is 0.00000225. The quantitative estimate of drug-likeness (QED) is 0.539. The summed E-state index contributed by atoms with van der Waals surface area (Å²) in [6.45, 7) is 2.11. The molecule has 10 heteroatoms. The van der Waals surface area contributed by atoms with Crippen molar-refractivity contribution >= 4 is 60.2 Å². The summed E-state index contributed by atoms with van der Waals surface area (Å²) in [6.07, 6.45) is 8.88. The number of rotatable bonds is 6. The number of anilines is 1. The Hall–Kier alpha value is -1.54. The molecule has 1 aromatic rings. The maximum Gasteiger partial charge on any atom is 0.328 e. The number of carbonyl (C=O) groups is 2. The number of halogens is 3. The Morgan fingerprint density at radius 3 is 2.57 bits per heavy atom. The van der Waals surface area contributed by atoms with Gasteiger partial charge in [-0.15, -0.1) is 24.8 Å². The first-order chi connectivity index (χ1) is 13.5. The van der Waals surface area contributed by atoms with E-state index in [4.69, 9.17) is 22.4 Å². The van der Waals surface area contributed by atoms with E-state index in [1.807, 2.05) is 4.90 Å². The second-order valence-electron chi connectivity index (χ2n) is 7.64. The molecule has 2 heterocycles. The lowest BCUT2D eigenvalue weighted by atomic mass is 9.81. The summed E-state index contributed by atoms with van der Waals surface area (Å²) < 4.78 is 0. The van der Waals surface area contributed by atoms with Crippen LogP contribution in [0.1, 0.15) is 37.7 Å². The maximum absolute atomic E-state index is 12.8. The van der Waals surface area contributed by atoms with Crippen molar-refractivity contribution in [2.24, 2.45) is 17.6 Å². The van der Waals surface area contributed by atoms with E-state index in [0.29, 0.717) is 28.9 Å². The fourth-order valence-electron chi connectivity index (χ4n) is 3.99. The van der Waals surface area contributed by atoms with E-state index in [2.05, 4.69) is 10.3 Å². The maximum atomic E-state index is 12.8. The second kappa shape index (κ2) is 12.3. The SMILES string of the molecule is Cl.Cl.NCC1CCC(C(=O)N2CCC(Nc3ncc(/C=C/C(=O)O)cc3Cl)C2)CC1. The smallest absolute Gasteiger partial charge is 0.328 e. The molecule has 4 N–H and O–H groups in total. The number of amides is 1. The second-order valence-corrected chi connectivity index (χ2v) is 8.05. The van der Waals surface area contributed by atoms with Gasteiger partial charge in [0.25, 0.3) is 0 Å². The third-order valence-electron chi connectivity index (χ3n) is 5.65. The van der Waals surface area contributed by atoms with Gasteiger partial charge >= 0.3 is 5.97 Å². The molecular weight excluding hydrogens is 451 g/mol. The van der Waals surface area contributed by atoms with Gasteiger partial charge in [0.15, 0.2) is 0 Å². The molecule has 30 heavy (non-hydrogen) atoms. The summed E-state index contributed by atoms with van der Waals surface area (Å²) in [7, 11) is 0. The van der Waals surface area contributed by atoms with Gasteiger partial charge in [-0.1, -0.05) is 11.6 Å². The molecule has 1 amide bonds. The molecule has 0 radical (unpaired) electrons. The number of hydrogen-bond acceptors (Lipinski definition) is 5. The third-order valence-corrected chi connectivity index (χ3v) is 5.94. The minimum atomic E-state index is -1.02. The van der Waals surface area contributed by atoms with Gasteiger partial charge in [0.1, 0.15) is 5.82 Å². The van der Waals surface area contributed by atoms with Crippen molar-refractivity contribution in [3.05, 3.63) is 28.9 Å². The molecule has 0 aromatic carbocycles. The molecule has 168 valence electrons. The number of likely N-dealkylation sites (tertiary alicyclic amines) is 1. The van der Waals surface area contributed by atoms with Crippen molar-refractivity contribution in [2.75, 3.05) is 25.0 Å². The summed E-state index contributed by atoms with van der Waals surface area (Å²) in [4.78, 5) is 29.6. The molecule has 1 aromatic heterocycles. The highest BCUT2D eigenvalue weighted by molar-refractivity contribution is 6.33. The van der Waals surface area contributed by atoms with E-state index in [-0.39, 0.29) is 42.7 Å². The molecule has 1 atom stereocenters. The van der Waals surface area contributed by atoms with Gasteiger partial charge in [0.05, 0.1) is 5.02 Å². The monoisotopic (exact) mass is 478 g/mol. The Labute approximate surface area is 194 Å². The van der Waals surface area contributed by atoms with Crippen LogP contribution in [0.4, 0.5) is 5.82 Å². The van der Waals surface area contributed by atoms with Crippen molar-refractivity contribution in [3.8, 4) is 0 Å². The van der Waals surface area contributed by atoms with Crippen LogP contribution >= 0.6 is 36.4 Å².